The van der Waals surface area contributed by atoms with Crippen LogP contribution in [0, 0.1) is 10.1 Å². The first kappa shape index (κ1) is 22.5. The third kappa shape index (κ3) is 4.73. The zero-order valence-corrected chi connectivity index (χ0v) is 19.7. The summed E-state index contributed by atoms with van der Waals surface area (Å²) in [6.07, 6.45) is 4.64. The molecule has 2 aliphatic heterocycles. The van der Waals surface area contributed by atoms with Crippen molar-refractivity contribution in [2.75, 3.05) is 25.4 Å². The largest absolute Gasteiger partial charge is 0.339 e. The van der Waals surface area contributed by atoms with E-state index >= 15 is 0 Å². The second kappa shape index (κ2) is 9.46. The third-order valence-electron chi connectivity index (χ3n) is 5.87. The molecule has 0 bridgehead atoms. The summed E-state index contributed by atoms with van der Waals surface area (Å²) >= 11 is 5.25. The van der Waals surface area contributed by atoms with E-state index < -0.39 is 4.92 Å². The van der Waals surface area contributed by atoms with E-state index in [1.54, 1.807) is 23.1 Å². The Hall–Kier alpha value is -2.65. The van der Waals surface area contributed by atoms with Gasteiger partial charge in [0.15, 0.2) is 0 Å². The third-order valence-corrected chi connectivity index (χ3v) is 7.92. The predicted octanol–water partition coefficient (Wildman–Crippen LogP) is 4.58. The standard InChI is InChI=1S/C23H22BrN3O4S/c24-19-3-1-2-18(16-19)22(29)26-14-15-32-23(26)10-12-25(13-11-23)21(28)9-6-17-4-7-20(8-5-17)27(30)31/h1-9,16H,10-15H2. The van der Waals surface area contributed by atoms with Crippen molar-refractivity contribution in [1.82, 2.24) is 9.80 Å². The normalized spacial score (nSPS) is 17.8. The molecule has 166 valence electrons. The van der Waals surface area contributed by atoms with Crippen molar-refractivity contribution in [2.45, 2.75) is 17.7 Å². The number of halogens is 1. The first-order valence-electron chi connectivity index (χ1n) is 10.3. The van der Waals surface area contributed by atoms with E-state index in [1.807, 2.05) is 40.9 Å². The first-order chi connectivity index (χ1) is 15.4. The Morgan fingerprint density at radius 2 is 1.81 bits per heavy atom. The van der Waals surface area contributed by atoms with Crippen LogP contribution in [0.15, 0.2) is 59.1 Å². The van der Waals surface area contributed by atoms with Crippen LogP contribution in [0.5, 0.6) is 0 Å². The summed E-state index contributed by atoms with van der Waals surface area (Å²) in [4.78, 5) is 39.6. The monoisotopic (exact) mass is 515 g/mol. The molecule has 0 aromatic heterocycles. The van der Waals surface area contributed by atoms with Crippen LogP contribution in [0.3, 0.4) is 0 Å². The number of carbonyl (C=O) groups is 2. The van der Waals surface area contributed by atoms with Gasteiger partial charge in [0.25, 0.3) is 11.6 Å². The van der Waals surface area contributed by atoms with Crippen LogP contribution in [-0.4, -0.2) is 56.8 Å². The summed E-state index contributed by atoms with van der Waals surface area (Å²) in [6.45, 7) is 1.88. The lowest BCUT2D eigenvalue weighted by Crippen LogP contribution is -2.53. The minimum atomic E-state index is -0.450. The summed E-state index contributed by atoms with van der Waals surface area (Å²) in [6, 6.07) is 13.5. The van der Waals surface area contributed by atoms with Gasteiger partial charge in [0.1, 0.15) is 0 Å². The smallest absolute Gasteiger partial charge is 0.269 e. The van der Waals surface area contributed by atoms with Crippen molar-refractivity contribution >= 4 is 51.3 Å². The molecule has 2 aromatic carbocycles. The lowest BCUT2D eigenvalue weighted by molar-refractivity contribution is -0.384. The molecule has 0 unspecified atom stereocenters. The molecule has 7 nitrogen and oxygen atoms in total. The van der Waals surface area contributed by atoms with Gasteiger partial charge < -0.3 is 9.80 Å². The molecule has 2 heterocycles. The number of benzene rings is 2. The second-order valence-electron chi connectivity index (χ2n) is 7.77. The van der Waals surface area contributed by atoms with E-state index in [9.17, 15) is 19.7 Å². The molecule has 2 aliphatic rings. The van der Waals surface area contributed by atoms with Crippen molar-refractivity contribution in [3.8, 4) is 0 Å². The van der Waals surface area contributed by atoms with Crippen LogP contribution in [0.2, 0.25) is 0 Å². The first-order valence-corrected chi connectivity index (χ1v) is 12.1. The number of nitrogens with zero attached hydrogens (tertiary/aromatic N) is 3. The number of carbonyl (C=O) groups excluding carboxylic acids is 2. The summed E-state index contributed by atoms with van der Waals surface area (Å²) in [5.41, 5.74) is 1.42. The Labute approximate surface area is 198 Å². The summed E-state index contributed by atoms with van der Waals surface area (Å²) in [5, 5.41) is 10.8. The summed E-state index contributed by atoms with van der Waals surface area (Å²) < 4.78 is 0.879. The van der Waals surface area contributed by atoms with Crippen molar-refractivity contribution < 1.29 is 14.5 Å². The highest BCUT2D eigenvalue weighted by atomic mass is 79.9. The molecule has 0 saturated carbocycles. The van der Waals surface area contributed by atoms with Gasteiger partial charge in [0, 0.05) is 53.6 Å². The van der Waals surface area contributed by atoms with E-state index in [2.05, 4.69) is 15.9 Å². The lowest BCUT2D eigenvalue weighted by Gasteiger charge is -2.44. The Bertz CT molecular complexity index is 1070. The fourth-order valence-electron chi connectivity index (χ4n) is 4.14. The van der Waals surface area contributed by atoms with Crippen LogP contribution in [-0.2, 0) is 4.79 Å². The van der Waals surface area contributed by atoms with Gasteiger partial charge in [0.05, 0.1) is 9.79 Å². The van der Waals surface area contributed by atoms with Crippen LogP contribution < -0.4 is 0 Å². The number of amides is 2. The van der Waals surface area contributed by atoms with Gasteiger partial charge in [-0.1, -0.05) is 22.0 Å². The molecular formula is C23H22BrN3O4S. The van der Waals surface area contributed by atoms with Gasteiger partial charge in [-0.3, -0.25) is 19.7 Å². The number of non-ortho nitro benzene ring substituents is 1. The maximum atomic E-state index is 13.2. The molecule has 1 spiro atoms. The minimum absolute atomic E-state index is 0.0193. The van der Waals surface area contributed by atoms with Gasteiger partial charge in [-0.25, -0.2) is 0 Å². The zero-order valence-electron chi connectivity index (χ0n) is 17.3. The van der Waals surface area contributed by atoms with Gasteiger partial charge in [0.2, 0.25) is 5.91 Å². The van der Waals surface area contributed by atoms with Gasteiger partial charge in [-0.15, -0.1) is 11.8 Å². The van der Waals surface area contributed by atoms with Gasteiger partial charge >= 0.3 is 0 Å². The molecule has 0 aliphatic carbocycles. The average molecular weight is 516 g/mol. The fourth-order valence-corrected chi connectivity index (χ4v) is 6.00. The second-order valence-corrected chi connectivity index (χ2v) is 10.1. The maximum Gasteiger partial charge on any atom is 0.269 e. The lowest BCUT2D eigenvalue weighted by atomic mass is 10.0. The van der Waals surface area contributed by atoms with E-state index in [4.69, 9.17) is 0 Å². The highest BCUT2D eigenvalue weighted by molar-refractivity contribution is 9.10. The Kier molecular flexibility index (Phi) is 6.66. The minimum Gasteiger partial charge on any atom is -0.339 e. The Morgan fingerprint density at radius 3 is 2.47 bits per heavy atom. The van der Waals surface area contributed by atoms with Crippen LogP contribution >= 0.6 is 27.7 Å². The molecular weight excluding hydrogens is 494 g/mol. The van der Waals surface area contributed by atoms with Crippen LogP contribution in [0.25, 0.3) is 6.08 Å². The van der Waals surface area contributed by atoms with Crippen LogP contribution in [0.4, 0.5) is 5.69 Å². The molecule has 0 radical (unpaired) electrons. The number of hydrogen-bond donors (Lipinski definition) is 0. The van der Waals surface area contributed by atoms with Crippen molar-refractivity contribution in [3.63, 3.8) is 0 Å². The molecule has 2 amide bonds. The highest BCUT2D eigenvalue weighted by Gasteiger charge is 2.46. The SMILES string of the molecule is O=C(C=Cc1ccc([N+](=O)[O-])cc1)N1CCC2(CC1)SCCN2C(=O)c1cccc(Br)c1. The molecule has 2 saturated heterocycles. The summed E-state index contributed by atoms with van der Waals surface area (Å²) in [5.74, 6) is 0.841. The van der Waals surface area contributed by atoms with E-state index in [1.165, 1.54) is 18.2 Å². The van der Waals surface area contributed by atoms with E-state index in [-0.39, 0.29) is 22.4 Å². The van der Waals surface area contributed by atoms with Gasteiger partial charge in [-0.05, 0) is 54.8 Å². The Morgan fingerprint density at radius 1 is 1.09 bits per heavy atom. The zero-order chi connectivity index (χ0) is 22.7. The number of piperidine rings is 1. The molecule has 2 fully saturated rings. The molecule has 2 aromatic rings. The molecule has 4 rings (SSSR count). The molecule has 0 atom stereocenters. The van der Waals surface area contributed by atoms with Crippen molar-refractivity contribution in [2.24, 2.45) is 0 Å². The quantitative estimate of drug-likeness (QED) is 0.338. The van der Waals surface area contributed by atoms with Gasteiger partial charge in [-0.2, -0.15) is 0 Å². The maximum absolute atomic E-state index is 13.2. The van der Waals surface area contributed by atoms with Crippen LogP contribution in [0.1, 0.15) is 28.8 Å². The number of nitro benzene ring substituents is 1. The number of hydrogen-bond acceptors (Lipinski definition) is 5. The topological polar surface area (TPSA) is 83.8 Å². The van der Waals surface area contributed by atoms with Crippen molar-refractivity contribution in [1.29, 1.82) is 0 Å². The fraction of sp³-hybridized carbons (Fsp3) is 0.304. The Balaban J connectivity index is 1.38. The predicted molar refractivity (Wildman–Crippen MR) is 128 cm³/mol. The summed E-state index contributed by atoms with van der Waals surface area (Å²) in [7, 11) is 0. The van der Waals surface area contributed by atoms with E-state index in [0.717, 1.165) is 28.6 Å². The van der Waals surface area contributed by atoms with E-state index in [0.29, 0.717) is 25.2 Å². The average Bonchev–Trinajstić information content (AvgIpc) is 3.20. The number of rotatable bonds is 4. The molecule has 9 heteroatoms. The van der Waals surface area contributed by atoms with Crippen molar-refractivity contribution in [3.05, 3.63) is 80.3 Å². The molecule has 32 heavy (non-hydrogen) atoms. The molecule has 0 N–H and O–H groups in total. The highest BCUT2D eigenvalue weighted by Crippen LogP contribution is 2.44. The number of likely N-dealkylation sites (tertiary alicyclic amines) is 1. The number of nitro groups is 1. The number of thioether (sulfide) groups is 1.